The molecular formula is C17H25N3S. The third-order valence-electron chi connectivity index (χ3n) is 4.93. The van der Waals surface area contributed by atoms with Gasteiger partial charge in [0.05, 0.1) is 5.56 Å². The molecule has 0 unspecified atom stereocenters. The minimum atomic E-state index is 0.457. The van der Waals surface area contributed by atoms with Gasteiger partial charge in [-0.2, -0.15) is 0 Å². The van der Waals surface area contributed by atoms with Crippen LogP contribution in [0.15, 0.2) is 6.07 Å². The molecule has 4 heteroatoms. The zero-order chi connectivity index (χ0) is 14.9. The molecule has 2 aliphatic rings. The average molecular weight is 303 g/mol. The predicted molar refractivity (Wildman–Crippen MR) is 91.8 cm³/mol. The summed E-state index contributed by atoms with van der Waals surface area (Å²) in [7, 11) is 0. The summed E-state index contributed by atoms with van der Waals surface area (Å²) in [5.41, 5.74) is 9.92. The van der Waals surface area contributed by atoms with Gasteiger partial charge in [-0.15, -0.1) is 0 Å². The summed E-state index contributed by atoms with van der Waals surface area (Å²) in [5, 5.41) is 3.55. The van der Waals surface area contributed by atoms with E-state index in [1.54, 1.807) is 0 Å². The van der Waals surface area contributed by atoms with Gasteiger partial charge in [0.1, 0.15) is 10.8 Å². The molecule has 3 nitrogen and oxygen atoms in total. The molecule has 0 radical (unpaired) electrons. The van der Waals surface area contributed by atoms with Crippen LogP contribution in [0.3, 0.4) is 0 Å². The molecule has 0 bridgehead atoms. The van der Waals surface area contributed by atoms with E-state index in [1.807, 2.05) is 0 Å². The number of anilines is 1. The fourth-order valence-electron chi connectivity index (χ4n) is 3.45. The van der Waals surface area contributed by atoms with Gasteiger partial charge in [0, 0.05) is 12.2 Å². The number of pyridine rings is 1. The largest absolute Gasteiger partial charge is 0.389 e. The lowest BCUT2D eigenvalue weighted by molar-refractivity contribution is 0.485. The van der Waals surface area contributed by atoms with Crippen molar-refractivity contribution in [3.8, 4) is 0 Å². The van der Waals surface area contributed by atoms with E-state index >= 15 is 0 Å². The van der Waals surface area contributed by atoms with E-state index < -0.39 is 0 Å². The molecule has 3 rings (SSSR count). The van der Waals surface area contributed by atoms with Gasteiger partial charge in [-0.3, -0.25) is 0 Å². The molecule has 0 aliphatic heterocycles. The van der Waals surface area contributed by atoms with Crippen LogP contribution >= 0.6 is 12.2 Å². The summed E-state index contributed by atoms with van der Waals surface area (Å²) in [4.78, 5) is 5.30. The highest BCUT2D eigenvalue weighted by Gasteiger charge is 2.41. The lowest BCUT2D eigenvalue weighted by Gasteiger charge is -2.21. The van der Waals surface area contributed by atoms with Crippen LogP contribution in [-0.2, 0) is 12.8 Å². The summed E-state index contributed by atoms with van der Waals surface area (Å²) in [6.45, 7) is 3.26. The molecule has 0 amide bonds. The third-order valence-corrected chi connectivity index (χ3v) is 5.15. The van der Waals surface area contributed by atoms with Crippen molar-refractivity contribution in [3.63, 3.8) is 0 Å². The number of nitrogens with zero attached hydrogens (tertiary/aromatic N) is 1. The second-order valence-electron chi connectivity index (χ2n) is 6.67. The standard InChI is InChI=1S/C17H25N3S/c1-2-7-17(8-9-17)11-19-16-13(15(18)21)10-12-5-3-4-6-14(12)20-16/h10H,2-9,11H2,1H3,(H2,18,21)(H,19,20). The topological polar surface area (TPSA) is 50.9 Å². The molecule has 0 saturated heterocycles. The molecule has 0 aromatic carbocycles. The lowest BCUT2D eigenvalue weighted by atomic mass is 9.94. The second kappa shape index (κ2) is 5.91. The van der Waals surface area contributed by atoms with Gasteiger partial charge in [0.2, 0.25) is 0 Å². The van der Waals surface area contributed by atoms with E-state index in [4.69, 9.17) is 22.9 Å². The Kier molecular flexibility index (Phi) is 4.16. The fraction of sp³-hybridized carbons (Fsp3) is 0.647. The summed E-state index contributed by atoms with van der Waals surface area (Å²) in [5.74, 6) is 0.908. The maximum atomic E-state index is 5.91. The van der Waals surface area contributed by atoms with E-state index in [1.165, 1.54) is 49.8 Å². The normalized spacial score (nSPS) is 18.9. The Morgan fingerprint density at radius 3 is 2.81 bits per heavy atom. The van der Waals surface area contributed by atoms with Crippen molar-refractivity contribution >= 4 is 23.0 Å². The Labute approximate surface area is 132 Å². The highest BCUT2D eigenvalue weighted by molar-refractivity contribution is 7.80. The van der Waals surface area contributed by atoms with Crippen LogP contribution in [0.1, 0.15) is 62.3 Å². The quantitative estimate of drug-likeness (QED) is 0.789. The Bertz CT molecular complexity index is 549. The van der Waals surface area contributed by atoms with Crippen LogP contribution in [0, 0.1) is 5.41 Å². The fourth-order valence-corrected chi connectivity index (χ4v) is 3.61. The third kappa shape index (κ3) is 3.20. The minimum Gasteiger partial charge on any atom is -0.389 e. The van der Waals surface area contributed by atoms with Crippen LogP contribution in [0.4, 0.5) is 5.82 Å². The van der Waals surface area contributed by atoms with E-state index in [0.717, 1.165) is 30.8 Å². The number of aryl methyl sites for hydroxylation is 2. The second-order valence-corrected chi connectivity index (χ2v) is 7.11. The SMILES string of the molecule is CCCC1(CNc2nc3c(cc2C(N)=S)CCCC3)CC1. The summed E-state index contributed by atoms with van der Waals surface area (Å²) >= 11 is 5.23. The molecular weight excluding hydrogens is 278 g/mol. The molecule has 3 N–H and O–H groups in total. The van der Waals surface area contributed by atoms with Gasteiger partial charge in [-0.1, -0.05) is 25.6 Å². The molecule has 1 saturated carbocycles. The molecule has 1 heterocycles. The smallest absolute Gasteiger partial charge is 0.136 e. The van der Waals surface area contributed by atoms with Crippen molar-refractivity contribution in [1.29, 1.82) is 0 Å². The Morgan fingerprint density at radius 1 is 1.38 bits per heavy atom. The number of nitrogens with two attached hydrogens (primary N) is 1. The molecule has 1 fully saturated rings. The van der Waals surface area contributed by atoms with Gasteiger partial charge in [0.15, 0.2) is 0 Å². The van der Waals surface area contributed by atoms with Crippen LogP contribution in [0.25, 0.3) is 0 Å². The average Bonchev–Trinajstić information content (AvgIpc) is 3.24. The van der Waals surface area contributed by atoms with E-state index in [0.29, 0.717) is 10.4 Å². The zero-order valence-corrected chi connectivity index (χ0v) is 13.7. The van der Waals surface area contributed by atoms with E-state index in [9.17, 15) is 0 Å². The van der Waals surface area contributed by atoms with Crippen molar-refractivity contribution in [3.05, 3.63) is 22.9 Å². The van der Waals surface area contributed by atoms with Crippen molar-refractivity contribution in [2.45, 2.75) is 58.3 Å². The Balaban J connectivity index is 1.81. The number of thiocarbonyl (C=S) groups is 1. The van der Waals surface area contributed by atoms with Crippen LogP contribution in [0.5, 0.6) is 0 Å². The van der Waals surface area contributed by atoms with E-state index in [-0.39, 0.29) is 0 Å². The summed E-state index contributed by atoms with van der Waals surface area (Å²) < 4.78 is 0. The van der Waals surface area contributed by atoms with Crippen molar-refractivity contribution in [1.82, 2.24) is 4.98 Å². The number of fused-ring (bicyclic) bond motifs is 1. The number of aromatic nitrogens is 1. The maximum absolute atomic E-state index is 5.91. The molecule has 0 atom stereocenters. The maximum Gasteiger partial charge on any atom is 0.136 e. The van der Waals surface area contributed by atoms with E-state index in [2.05, 4.69) is 18.3 Å². The van der Waals surface area contributed by atoms with Gasteiger partial charge < -0.3 is 11.1 Å². The number of hydrogen-bond acceptors (Lipinski definition) is 3. The van der Waals surface area contributed by atoms with Gasteiger partial charge in [0.25, 0.3) is 0 Å². The van der Waals surface area contributed by atoms with Crippen LogP contribution in [0.2, 0.25) is 0 Å². The first-order valence-corrected chi connectivity index (χ1v) is 8.61. The Hall–Kier alpha value is -1.16. The van der Waals surface area contributed by atoms with Crippen LogP contribution in [-0.4, -0.2) is 16.5 Å². The van der Waals surface area contributed by atoms with Crippen molar-refractivity contribution < 1.29 is 0 Å². The minimum absolute atomic E-state index is 0.457. The first-order chi connectivity index (χ1) is 10.1. The van der Waals surface area contributed by atoms with Crippen molar-refractivity contribution in [2.24, 2.45) is 11.1 Å². The molecule has 1 aromatic rings. The number of rotatable bonds is 6. The molecule has 21 heavy (non-hydrogen) atoms. The molecule has 1 aromatic heterocycles. The monoisotopic (exact) mass is 303 g/mol. The first kappa shape index (κ1) is 14.8. The van der Waals surface area contributed by atoms with Gasteiger partial charge in [-0.25, -0.2) is 4.98 Å². The van der Waals surface area contributed by atoms with Gasteiger partial charge in [-0.05, 0) is 62.0 Å². The highest BCUT2D eigenvalue weighted by atomic mass is 32.1. The molecule has 0 spiro atoms. The Morgan fingerprint density at radius 2 is 2.14 bits per heavy atom. The zero-order valence-electron chi connectivity index (χ0n) is 12.9. The number of nitrogens with one attached hydrogen (secondary N) is 1. The molecule has 114 valence electrons. The molecule has 2 aliphatic carbocycles. The van der Waals surface area contributed by atoms with Gasteiger partial charge >= 0.3 is 0 Å². The highest BCUT2D eigenvalue weighted by Crippen LogP contribution is 2.49. The first-order valence-electron chi connectivity index (χ1n) is 8.20. The predicted octanol–water partition coefficient (Wildman–Crippen LogP) is 3.59. The number of hydrogen-bond donors (Lipinski definition) is 2. The van der Waals surface area contributed by atoms with Crippen molar-refractivity contribution in [2.75, 3.05) is 11.9 Å². The van der Waals surface area contributed by atoms with Crippen LogP contribution < -0.4 is 11.1 Å². The summed E-state index contributed by atoms with van der Waals surface area (Å²) in [6, 6.07) is 2.17. The summed E-state index contributed by atoms with van der Waals surface area (Å²) in [6.07, 6.45) is 9.90. The lowest BCUT2D eigenvalue weighted by Crippen LogP contribution is -2.21.